The minimum Gasteiger partial charge on any atom is -0.310 e. The van der Waals surface area contributed by atoms with Crippen LogP contribution in [0.5, 0.6) is 0 Å². The largest absolute Gasteiger partial charge is 0.310 e. The summed E-state index contributed by atoms with van der Waals surface area (Å²) in [6, 6.07) is 103. The second-order valence-corrected chi connectivity index (χ2v) is 19.7. The molecule has 0 spiro atoms. The minimum absolute atomic E-state index is 0.267. The molecule has 13 rings (SSSR count). The molecule has 13 aromatic carbocycles. The number of nitrogens with zero attached hydrogens (tertiary/aromatic N) is 2. The van der Waals surface area contributed by atoms with Gasteiger partial charge in [0.1, 0.15) is 0 Å². The van der Waals surface area contributed by atoms with Crippen molar-refractivity contribution in [1.82, 2.24) is 0 Å². The fourth-order valence-corrected chi connectivity index (χ4v) is 11.2. The lowest BCUT2D eigenvalue weighted by molar-refractivity contribution is 0.642. The monoisotopic (exact) mass is 932 g/mol. The number of hydrogen-bond acceptors (Lipinski definition) is 2. The summed E-state index contributed by atoms with van der Waals surface area (Å²) in [6.45, 7) is 4.69. The molecule has 0 atom stereocenters. The van der Waals surface area contributed by atoms with Crippen molar-refractivity contribution < 1.29 is 0 Å². The summed E-state index contributed by atoms with van der Waals surface area (Å²) in [6.07, 6.45) is 0. The van der Waals surface area contributed by atoms with Crippen LogP contribution < -0.4 is 9.80 Å². The van der Waals surface area contributed by atoms with Gasteiger partial charge in [0.25, 0.3) is 0 Å². The Morgan fingerprint density at radius 3 is 1.36 bits per heavy atom. The van der Waals surface area contributed by atoms with Crippen LogP contribution in [0.1, 0.15) is 25.0 Å². The van der Waals surface area contributed by atoms with Gasteiger partial charge in [0.15, 0.2) is 0 Å². The van der Waals surface area contributed by atoms with E-state index in [-0.39, 0.29) is 5.41 Å². The summed E-state index contributed by atoms with van der Waals surface area (Å²) in [5.74, 6) is 0. The lowest BCUT2D eigenvalue weighted by Gasteiger charge is -2.31. The molecule has 2 nitrogen and oxygen atoms in total. The van der Waals surface area contributed by atoms with Crippen molar-refractivity contribution >= 4 is 88.0 Å². The fourth-order valence-electron chi connectivity index (χ4n) is 11.2. The lowest BCUT2D eigenvalue weighted by atomic mass is 9.77. The number of benzene rings is 13. The number of hydrogen-bond donors (Lipinski definition) is 0. The van der Waals surface area contributed by atoms with Gasteiger partial charge in [0, 0.05) is 38.9 Å². The van der Waals surface area contributed by atoms with E-state index in [1.54, 1.807) is 0 Å². The predicted octanol–water partition coefficient (Wildman–Crippen LogP) is 20.1. The molecule has 346 valence electrons. The van der Waals surface area contributed by atoms with Gasteiger partial charge in [-0.2, -0.15) is 0 Å². The maximum absolute atomic E-state index is 2.47. The van der Waals surface area contributed by atoms with Crippen molar-refractivity contribution in [2.75, 3.05) is 9.80 Å². The molecule has 0 N–H and O–H groups in total. The van der Waals surface area contributed by atoms with E-state index < -0.39 is 0 Å². The molecule has 0 bridgehead atoms. The summed E-state index contributed by atoms with van der Waals surface area (Å²) >= 11 is 0. The molecule has 0 saturated carbocycles. The molecule has 0 saturated heterocycles. The van der Waals surface area contributed by atoms with E-state index in [2.05, 4.69) is 303 Å². The molecule has 0 unspecified atom stereocenters. The van der Waals surface area contributed by atoms with Crippen molar-refractivity contribution in [3.8, 4) is 22.3 Å². The van der Waals surface area contributed by atoms with Crippen LogP contribution in [0, 0.1) is 0 Å². The van der Waals surface area contributed by atoms with E-state index in [4.69, 9.17) is 0 Å². The van der Waals surface area contributed by atoms with E-state index in [0.717, 1.165) is 34.1 Å². The highest BCUT2D eigenvalue weighted by Crippen LogP contribution is 2.49. The number of anilines is 6. The van der Waals surface area contributed by atoms with Gasteiger partial charge < -0.3 is 9.80 Å². The van der Waals surface area contributed by atoms with Crippen LogP contribution in [0.25, 0.3) is 76.1 Å². The Balaban J connectivity index is 1.04. The second kappa shape index (κ2) is 18.2. The average Bonchev–Trinajstić information content (AvgIpc) is 3.46. The molecule has 0 aliphatic heterocycles. The van der Waals surface area contributed by atoms with E-state index in [1.165, 1.54) is 87.2 Å². The average molecular weight is 933 g/mol. The standard InChI is InChI=1S/C71H52N2/c1-71(2,55-23-6-3-7-24-55)56-39-44-64-67-47-69(72(57-25-8-4-9-26-57)59-40-35-50(36-41-59)54-34-33-49-19-12-13-21-53(49)45-54)65-31-17-16-30-63(65)66(67)48-70(68(64)46-56)73(58-27-10-5-11-28-58)60-42-37-52(38-43-60)62-32-18-22-51-20-14-15-29-61(51)62/h3-48H,1-2H3. The van der Waals surface area contributed by atoms with Gasteiger partial charge in [-0.3, -0.25) is 0 Å². The van der Waals surface area contributed by atoms with E-state index in [9.17, 15) is 0 Å². The third-order valence-corrected chi connectivity index (χ3v) is 15.1. The molecule has 13 aromatic rings. The third-order valence-electron chi connectivity index (χ3n) is 15.1. The molecular formula is C71H52N2. The first kappa shape index (κ1) is 43.8. The molecule has 0 aliphatic rings. The first-order valence-corrected chi connectivity index (χ1v) is 25.3. The maximum atomic E-state index is 2.47. The van der Waals surface area contributed by atoms with Gasteiger partial charge in [0.05, 0.1) is 11.4 Å². The zero-order valence-electron chi connectivity index (χ0n) is 41.0. The first-order valence-electron chi connectivity index (χ1n) is 25.3. The third kappa shape index (κ3) is 7.85. The molecule has 0 radical (unpaired) electrons. The molecule has 0 heterocycles. The summed E-state index contributed by atoms with van der Waals surface area (Å²) in [5.41, 5.74) is 13.7. The van der Waals surface area contributed by atoms with Gasteiger partial charge in [-0.25, -0.2) is 0 Å². The highest BCUT2D eigenvalue weighted by atomic mass is 15.2. The normalized spacial score (nSPS) is 11.7. The van der Waals surface area contributed by atoms with Gasteiger partial charge in [-0.05, 0) is 149 Å². The van der Waals surface area contributed by atoms with Crippen LogP contribution >= 0.6 is 0 Å². The van der Waals surface area contributed by atoms with Crippen LogP contribution in [0.4, 0.5) is 34.1 Å². The Hall–Kier alpha value is -9.24. The topological polar surface area (TPSA) is 6.48 Å². The Morgan fingerprint density at radius 1 is 0.247 bits per heavy atom. The Bertz CT molecular complexity index is 4140. The van der Waals surface area contributed by atoms with Crippen molar-refractivity contribution in [1.29, 1.82) is 0 Å². The van der Waals surface area contributed by atoms with Gasteiger partial charge in [-0.1, -0.05) is 220 Å². The lowest BCUT2D eigenvalue weighted by Crippen LogP contribution is -2.19. The van der Waals surface area contributed by atoms with Crippen LogP contribution in [-0.2, 0) is 5.41 Å². The molecular weight excluding hydrogens is 881 g/mol. The van der Waals surface area contributed by atoms with Crippen LogP contribution in [0.15, 0.2) is 279 Å². The summed E-state index contributed by atoms with van der Waals surface area (Å²) in [7, 11) is 0. The van der Waals surface area contributed by atoms with Crippen molar-refractivity contribution in [3.63, 3.8) is 0 Å². The molecule has 0 aliphatic carbocycles. The summed E-state index contributed by atoms with van der Waals surface area (Å²) in [4.78, 5) is 4.90. The van der Waals surface area contributed by atoms with E-state index in [1.807, 2.05) is 0 Å². The Morgan fingerprint density at radius 2 is 0.712 bits per heavy atom. The maximum Gasteiger partial charge on any atom is 0.0546 e. The molecule has 73 heavy (non-hydrogen) atoms. The quantitative estimate of drug-likeness (QED) is 0.126. The smallest absolute Gasteiger partial charge is 0.0546 e. The van der Waals surface area contributed by atoms with Crippen LogP contribution in [0.3, 0.4) is 0 Å². The molecule has 0 fully saturated rings. The van der Waals surface area contributed by atoms with Gasteiger partial charge >= 0.3 is 0 Å². The molecule has 0 amide bonds. The van der Waals surface area contributed by atoms with E-state index in [0.29, 0.717) is 0 Å². The number of para-hydroxylation sites is 2. The van der Waals surface area contributed by atoms with Crippen molar-refractivity contribution in [2.24, 2.45) is 0 Å². The predicted molar refractivity (Wildman–Crippen MR) is 313 cm³/mol. The SMILES string of the molecule is CC(C)(c1ccccc1)c1ccc2c(c1)c(N(c1ccccc1)c1ccc(-c3cccc4ccccc34)cc1)cc1c3ccccc3c(N(c3ccccc3)c3ccc(-c4ccc5ccccc5c4)cc3)cc21. The number of rotatable bonds is 10. The number of fused-ring (bicyclic) bond motifs is 7. The molecule has 0 aromatic heterocycles. The van der Waals surface area contributed by atoms with Crippen LogP contribution in [-0.4, -0.2) is 0 Å². The fraction of sp³-hybridized carbons (Fsp3) is 0.0423. The highest BCUT2D eigenvalue weighted by Gasteiger charge is 2.27. The Labute approximate surface area is 427 Å². The zero-order valence-corrected chi connectivity index (χ0v) is 41.0. The minimum atomic E-state index is -0.267. The summed E-state index contributed by atoms with van der Waals surface area (Å²) < 4.78 is 0. The van der Waals surface area contributed by atoms with Gasteiger partial charge in [-0.15, -0.1) is 0 Å². The highest BCUT2D eigenvalue weighted by molar-refractivity contribution is 6.24. The van der Waals surface area contributed by atoms with Crippen molar-refractivity contribution in [3.05, 3.63) is 290 Å². The Kier molecular flexibility index (Phi) is 10.9. The second-order valence-electron chi connectivity index (χ2n) is 19.7. The zero-order chi connectivity index (χ0) is 48.9. The first-order chi connectivity index (χ1) is 36.0. The van der Waals surface area contributed by atoms with E-state index >= 15 is 0 Å². The van der Waals surface area contributed by atoms with Gasteiger partial charge in [0.2, 0.25) is 0 Å². The van der Waals surface area contributed by atoms with Crippen molar-refractivity contribution in [2.45, 2.75) is 19.3 Å². The molecule has 2 heteroatoms. The summed E-state index contributed by atoms with van der Waals surface area (Å²) in [5, 5.41) is 12.1. The van der Waals surface area contributed by atoms with Crippen LogP contribution in [0.2, 0.25) is 0 Å².